The van der Waals surface area contributed by atoms with Gasteiger partial charge in [0, 0.05) is 43.3 Å². The predicted octanol–water partition coefficient (Wildman–Crippen LogP) is 5.03. The third-order valence-corrected chi connectivity index (χ3v) is 6.15. The van der Waals surface area contributed by atoms with Crippen LogP contribution in [0, 0.1) is 5.92 Å². The average Bonchev–Trinajstić information content (AvgIpc) is 3.33. The minimum absolute atomic E-state index is 0.0349. The van der Waals surface area contributed by atoms with Crippen molar-refractivity contribution >= 4 is 23.3 Å². The maximum absolute atomic E-state index is 12.8. The van der Waals surface area contributed by atoms with E-state index in [-0.39, 0.29) is 22.9 Å². The van der Waals surface area contributed by atoms with E-state index in [1.54, 1.807) is 12.5 Å². The number of nitrogens with zero attached hydrogens (tertiary/aromatic N) is 4. The molecule has 1 amide bonds. The molecule has 4 rings (SSSR count). The normalized spacial score (nSPS) is 16.0. The van der Waals surface area contributed by atoms with Crippen molar-refractivity contribution < 1.29 is 18.0 Å². The van der Waals surface area contributed by atoms with Gasteiger partial charge in [0.25, 0.3) is 0 Å². The lowest BCUT2D eigenvalue weighted by molar-refractivity contribution is -0.137. The van der Waals surface area contributed by atoms with Crippen molar-refractivity contribution in [3.63, 3.8) is 0 Å². The Morgan fingerprint density at radius 2 is 1.91 bits per heavy atom. The first-order valence-electron chi connectivity index (χ1n) is 10.6. The Bertz CT molecular complexity index is 1090. The van der Waals surface area contributed by atoms with Crippen LogP contribution in [-0.2, 0) is 11.0 Å². The van der Waals surface area contributed by atoms with Crippen LogP contribution in [0.25, 0.3) is 5.69 Å². The van der Waals surface area contributed by atoms with E-state index in [9.17, 15) is 18.0 Å². The quantitative estimate of drug-likeness (QED) is 0.559. The molecule has 0 aliphatic carbocycles. The Kier molecular flexibility index (Phi) is 6.60. The second kappa shape index (κ2) is 9.43. The zero-order valence-electron chi connectivity index (χ0n) is 17.9. The molecule has 3 heterocycles. The van der Waals surface area contributed by atoms with Crippen LogP contribution < -0.4 is 10.2 Å². The number of piperidine rings is 1. The van der Waals surface area contributed by atoms with Crippen molar-refractivity contribution in [2.24, 2.45) is 5.92 Å². The zero-order chi connectivity index (χ0) is 23.6. The lowest BCUT2D eigenvalue weighted by Crippen LogP contribution is -2.41. The Morgan fingerprint density at radius 1 is 1.21 bits per heavy atom. The summed E-state index contributed by atoms with van der Waals surface area (Å²) in [6.45, 7) is 2.92. The number of hydrogen-bond donors (Lipinski definition) is 1. The highest BCUT2D eigenvalue weighted by molar-refractivity contribution is 6.33. The van der Waals surface area contributed by atoms with Crippen LogP contribution in [0.1, 0.15) is 36.9 Å². The molecule has 0 saturated carbocycles. The molecule has 1 saturated heterocycles. The van der Waals surface area contributed by atoms with Gasteiger partial charge in [0.2, 0.25) is 5.91 Å². The molecule has 174 valence electrons. The molecular weight excluding hydrogens is 455 g/mol. The maximum atomic E-state index is 12.8. The monoisotopic (exact) mass is 477 g/mol. The van der Waals surface area contributed by atoms with Crippen LogP contribution >= 0.6 is 11.6 Å². The number of pyridine rings is 1. The number of amides is 1. The largest absolute Gasteiger partial charge is 0.417 e. The highest BCUT2D eigenvalue weighted by Gasteiger charge is 2.33. The molecule has 1 fully saturated rings. The molecule has 33 heavy (non-hydrogen) atoms. The number of imidazole rings is 1. The van der Waals surface area contributed by atoms with Crippen LogP contribution in [0.15, 0.2) is 55.2 Å². The van der Waals surface area contributed by atoms with E-state index in [2.05, 4.69) is 15.3 Å². The number of carbonyl (C=O) groups excluding carboxylic acids is 1. The smallest absolute Gasteiger partial charge is 0.355 e. The van der Waals surface area contributed by atoms with Gasteiger partial charge in [0.05, 0.1) is 23.0 Å². The number of anilines is 1. The Labute approximate surface area is 194 Å². The van der Waals surface area contributed by atoms with Crippen LogP contribution in [0.5, 0.6) is 0 Å². The van der Waals surface area contributed by atoms with Crippen molar-refractivity contribution in [2.75, 3.05) is 18.0 Å². The van der Waals surface area contributed by atoms with Crippen LogP contribution in [0.2, 0.25) is 5.02 Å². The van der Waals surface area contributed by atoms with E-state index in [1.807, 2.05) is 46.9 Å². The fourth-order valence-electron chi connectivity index (χ4n) is 3.93. The fourth-order valence-corrected chi connectivity index (χ4v) is 4.22. The molecule has 6 nitrogen and oxygen atoms in total. The number of carbonyl (C=O) groups is 1. The molecule has 0 bridgehead atoms. The molecule has 3 aromatic rings. The number of nitrogens with one attached hydrogen (secondary N) is 1. The summed E-state index contributed by atoms with van der Waals surface area (Å²) < 4.78 is 40.4. The molecule has 0 radical (unpaired) electrons. The lowest BCUT2D eigenvalue weighted by atomic mass is 9.95. The molecule has 1 aliphatic rings. The molecular formula is C23H23ClF3N5O. The summed E-state index contributed by atoms with van der Waals surface area (Å²) in [5.41, 5.74) is 1.10. The van der Waals surface area contributed by atoms with Gasteiger partial charge >= 0.3 is 6.18 Å². The maximum Gasteiger partial charge on any atom is 0.417 e. The van der Waals surface area contributed by atoms with Gasteiger partial charge in [-0.3, -0.25) is 4.79 Å². The van der Waals surface area contributed by atoms with E-state index >= 15 is 0 Å². The molecule has 10 heteroatoms. The van der Waals surface area contributed by atoms with Gasteiger partial charge in [-0.05, 0) is 43.5 Å². The van der Waals surface area contributed by atoms with Crippen molar-refractivity contribution in [1.82, 2.24) is 19.9 Å². The summed E-state index contributed by atoms with van der Waals surface area (Å²) in [5.74, 6) is 0.101. The summed E-state index contributed by atoms with van der Waals surface area (Å²) >= 11 is 6.06. The summed E-state index contributed by atoms with van der Waals surface area (Å²) in [6.07, 6.45) is 2.73. The lowest BCUT2D eigenvalue weighted by Gasteiger charge is -2.33. The molecule has 1 aliphatic heterocycles. The van der Waals surface area contributed by atoms with Crippen molar-refractivity contribution in [1.29, 1.82) is 0 Å². The summed E-state index contributed by atoms with van der Waals surface area (Å²) in [6, 6.07) is 8.63. The molecule has 2 aromatic heterocycles. The Morgan fingerprint density at radius 3 is 2.48 bits per heavy atom. The number of rotatable bonds is 5. The SMILES string of the molecule is C[C@@H](NC(=O)C1CCN(c2ncc(C(F)(F)F)cc2Cl)CC1)c1ccc(-n2ccnc2)cc1. The minimum atomic E-state index is -4.49. The average molecular weight is 478 g/mol. The van der Waals surface area contributed by atoms with Gasteiger partial charge in [-0.1, -0.05) is 23.7 Å². The van der Waals surface area contributed by atoms with Crippen molar-refractivity contribution in [3.8, 4) is 5.69 Å². The van der Waals surface area contributed by atoms with E-state index in [0.29, 0.717) is 31.7 Å². The zero-order valence-corrected chi connectivity index (χ0v) is 18.6. The first-order chi connectivity index (χ1) is 15.7. The Balaban J connectivity index is 1.32. The number of aromatic nitrogens is 3. The molecule has 0 unspecified atom stereocenters. The number of benzene rings is 1. The first kappa shape index (κ1) is 23.1. The van der Waals surface area contributed by atoms with Gasteiger partial charge in [-0.15, -0.1) is 0 Å². The van der Waals surface area contributed by atoms with Gasteiger partial charge in [0.1, 0.15) is 5.82 Å². The van der Waals surface area contributed by atoms with Crippen molar-refractivity contribution in [2.45, 2.75) is 32.0 Å². The highest BCUT2D eigenvalue weighted by Crippen LogP contribution is 2.34. The molecule has 0 spiro atoms. The highest BCUT2D eigenvalue weighted by atomic mass is 35.5. The van der Waals surface area contributed by atoms with Crippen LogP contribution in [0.4, 0.5) is 19.0 Å². The number of halogens is 4. The summed E-state index contributed by atoms with van der Waals surface area (Å²) in [5, 5.41) is 3.03. The first-order valence-corrected chi connectivity index (χ1v) is 11.0. The standard InChI is InChI=1S/C23H23ClF3N5O/c1-15(16-2-4-19(5-3-16)32-11-8-28-14-32)30-22(33)17-6-9-31(10-7-17)21-20(24)12-18(13-29-21)23(25,26)27/h2-5,8,11-15,17H,6-7,9-10H2,1H3,(H,30,33)/t15-/m1/s1. The number of hydrogen-bond acceptors (Lipinski definition) is 4. The summed E-state index contributed by atoms with van der Waals surface area (Å²) in [7, 11) is 0. The molecule has 1 aromatic carbocycles. The Hall–Kier alpha value is -3.07. The van der Waals surface area contributed by atoms with Crippen molar-refractivity contribution in [3.05, 3.63) is 71.4 Å². The fraction of sp³-hybridized carbons (Fsp3) is 0.348. The van der Waals surface area contributed by atoms with E-state index in [0.717, 1.165) is 23.5 Å². The topological polar surface area (TPSA) is 63.1 Å². The minimum Gasteiger partial charge on any atom is -0.355 e. The third-order valence-electron chi connectivity index (χ3n) is 5.87. The van der Waals surface area contributed by atoms with Crippen LogP contribution in [-0.4, -0.2) is 33.5 Å². The second-order valence-electron chi connectivity index (χ2n) is 8.08. The molecule has 1 N–H and O–H groups in total. The number of alkyl halides is 3. The van der Waals surface area contributed by atoms with E-state index in [4.69, 9.17) is 11.6 Å². The van der Waals surface area contributed by atoms with Crippen LogP contribution in [0.3, 0.4) is 0 Å². The summed E-state index contributed by atoms with van der Waals surface area (Å²) in [4.78, 5) is 22.6. The second-order valence-corrected chi connectivity index (χ2v) is 8.49. The van der Waals surface area contributed by atoms with E-state index in [1.165, 1.54) is 0 Å². The van der Waals surface area contributed by atoms with Gasteiger partial charge in [-0.25, -0.2) is 9.97 Å². The van der Waals surface area contributed by atoms with E-state index < -0.39 is 11.7 Å². The predicted molar refractivity (Wildman–Crippen MR) is 119 cm³/mol. The van der Waals surface area contributed by atoms with Gasteiger partial charge < -0.3 is 14.8 Å². The third kappa shape index (κ3) is 5.30. The van der Waals surface area contributed by atoms with Gasteiger partial charge in [0.15, 0.2) is 0 Å². The molecule has 1 atom stereocenters. The van der Waals surface area contributed by atoms with Gasteiger partial charge in [-0.2, -0.15) is 13.2 Å².